The number of aromatic nitrogens is 1. The quantitative estimate of drug-likeness (QED) is 0.192. The number of carbonyl (C=O) groups excluding carboxylic acids is 1. The third-order valence-corrected chi connectivity index (χ3v) is 6.63. The van der Waals surface area contributed by atoms with Gasteiger partial charge in [0.05, 0.1) is 23.8 Å². The molecule has 0 saturated carbocycles. The van der Waals surface area contributed by atoms with Crippen molar-refractivity contribution in [3.05, 3.63) is 106 Å². The largest absolute Gasteiger partial charge is 0.496 e. The molecule has 4 aromatic rings. The predicted octanol–water partition coefficient (Wildman–Crippen LogP) is 7.54. The van der Waals surface area contributed by atoms with E-state index in [9.17, 15) is 4.79 Å². The van der Waals surface area contributed by atoms with E-state index in [1.165, 1.54) is 5.56 Å². The number of rotatable bonds is 6. The second-order valence-electron chi connectivity index (χ2n) is 9.15. The van der Waals surface area contributed by atoms with Crippen LogP contribution in [0, 0.1) is 0 Å². The highest BCUT2D eigenvalue weighted by atomic mass is 79.9. The highest BCUT2D eigenvalue weighted by molar-refractivity contribution is 9.10. The normalized spacial score (nSPS) is 14.2. The van der Waals surface area contributed by atoms with E-state index in [1.54, 1.807) is 19.3 Å². The minimum absolute atomic E-state index is 0.114. The summed E-state index contributed by atoms with van der Waals surface area (Å²) >= 11 is 3.56. The van der Waals surface area contributed by atoms with Crippen LogP contribution in [0.1, 0.15) is 40.9 Å². The Bertz CT molecular complexity index is 1490. The number of halogens is 1. The first-order valence-electron chi connectivity index (χ1n) is 11.5. The number of fused-ring (bicyclic) bond motifs is 2. The number of hydrogen-bond donors (Lipinski definition) is 0. The van der Waals surface area contributed by atoms with Crippen LogP contribution in [-0.4, -0.2) is 23.1 Å². The molecule has 0 bridgehead atoms. The molecule has 1 aliphatic rings. The number of allylic oxidation sites excluding steroid dienone is 1. The summed E-state index contributed by atoms with van der Waals surface area (Å²) < 4.78 is 14.9. The first kappa shape index (κ1) is 23.2. The second-order valence-corrected chi connectivity index (χ2v) is 10.1. The monoisotopic (exact) mass is 527 g/mol. The van der Waals surface area contributed by atoms with Gasteiger partial charge in [0, 0.05) is 22.6 Å². The number of benzene rings is 3. The van der Waals surface area contributed by atoms with Crippen molar-refractivity contribution in [1.29, 1.82) is 0 Å². The fourth-order valence-electron chi connectivity index (χ4n) is 4.45. The second kappa shape index (κ2) is 9.23. The Kier molecular flexibility index (Phi) is 6.12. The van der Waals surface area contributed by atoms with E-state index in [1.807, 2.05) is 62.4 Å². The van der Waals surface area contributed by atoms with Gasteiger partial charge >= 0.3 is 0 Å². The van der Waals surface area contributed by atoms with Gasteiger partial charge in [-0.3, -0.25) is 4.79 Å². The van der Waals surface area contributed by atoms with Crippen LogP contribution in [0.2, 0.25) is 0 Å². The maximum Gasteiger partial charge on any atom is 0.189 e. The molecule has 1 aliphatic heterocycles. The Morgan fingerprint density at radius 1 is 1.11 bits per heavy atom. The summed E-state index contributed by atoms with van der Waals surface area (Å²) in [4.78, 5) is 13.3. The number of hydrogen-bond acceptors (Lipinski definition) is 3. The first-order valence-corrected chi connectivity index (χ1v) is 12.3. The van der Waals surface area contributed by atoms with Gasteiger partial charge < -0.3 is 14.0 Å². The molecule has 0 spiro atoms. The molecule has 3 aromatic carbocycles. The van der Waals surface area contributed by atoms with E-state index in [0.717, 1.165) is 33.0 Å². The lowest BCUT2D eigenvalue weighted by atomic mass is 9.97. The van der Waals surface area contributed by atoms with Crippen molar-refractivity contribution in [1.82, 2.24) is 4.57 Å². The minimum atomic E-state index is -0.503. The lowest BCUT2D eigenvalue weighted by Crippen LogP contribution is -2.28. The van der Waals surface area contributed by atoms with Gasteiger partial charge in [0.2, 0.25) is 0 Å². The molecular formula is C30H26BrNO3. The molecule has 5 rings (SSSR count). The summed E-state index contributed by atoms with van der Waals surface area (Å²) in [6.07, 6.45) is 9.55. The number of para-hydroxylation sites is 1. The number of methoxy groups -OCH3 is 1. The average molecular weight is 528 g/mol. The van der Waals surface area contributed by atoms with Gasteiger partial charge in [-0.05, 0) is 79.6 Å². The van der Waals surface area contributed by atoms with Crippen molar-refractivity contribution < 1.29 is 14.3 Å². The molecule has 5 heteroatoms. The summed E-state index contributed by atoms with van der Waals surface area (Å²) in [7, 11) is 1.62. The first-order chi connectivity index (χ1) is 16.8. The van der Waals surface area contributed by atoms with Crippen LogP contribution in [0.3, 0.4) is 0 Å². The van der Waals surface area contributed by atoms with E-state index in [4.69, 9.17) is 9.47 Å². The zero-order valence-corrected chi connectivity index (χ0v) is 21.5. The summed E-state index contributed by atoms with van der Waals surface area (Å²) in [6.45, 7) is 4.68. The zero-order valence-electron chi connectivity index (χ0n) is 19.9. The van der Waals surface area contributed by atoms with Gasteiger partial charge in [-0.1, -0.05) is 46.3 Å². The van der Waals surface area contributed by atoms with E-state index in [-0.39, 0.29) is 5.78 Å². The van der Waals surface area contributed by atoms with Gasteiger partial charge in [0.1, 0.15) is 17.1 Å². The highest BCUT2D eigenvalue weighted by Gasteiger charge is 2.27. The Morgan fingerprint density at radius 2 is 1.94 bits per heavy atom. The van der Waals surface area contributed by atoms with Gasteiger partial charge in [-0.15, -0.1) is 0 Å². The van der Waals surface area contributed by atoms with E-state index < -0.39 is 5.60 Å². The van der Waals surface area contributed by atoms with Gasteiger partial charge in [0.15, 0.2) is 5.78 Å². The molecule has 0 radical (unpaired) electrons. The van der Waals surface area contributed by atoms with Crippen molar-refractivity contribution >= 4 is 44.8 Å². The summed E-state index contributed by atoms with van der Waals surface area (Å²) in [5, 5.41) is 1.13. The molecule has 0 N–H and O–H groups in total. The Labute approximate surface area is 213 Å². The topological polar surface area (TPSA) is 40.5 Å². The third kappa shape index (κ3) is 4.69. The van der Waals surface area contributed by atoms with Crippen LogP contribution in [0.15, 0.2) is 83.5 Å². The molecular weight excluding hydrogens is 502 g/mol. The van der Waals surface area contributed by atoms with Crippen molar-refractivity contribution in [3.63, 3.8) is 0 Å². The smallest absolute Gasteiger partial charge is 0.189 e. The van der Waals surface area contributed by atoms with Crippen molar-refractivity contribution in [2.24, 2.45) is 0 Å². The van der Waals surface area contributed by atoms with Gasteiger partial charge in [-0.25, -0.2) is 0 Å². The van der Waals surface area contributed by atoms with Crippen LogP contribution in [0.25, 0.3) is 23.1 Å². The van der Waals surface area contributed by atoms with Gasteiger partial charge in [-0.2, -0.15) is 0 Å². The average Bonchev–Trinajstić information content (AvgIpc) is 3.24. The summed E-state index contributed by atoms with van der Waals surface area (Å²) in [5.41, 5.74) is 4.08. The number of ether oxygens (including phenoxy) is 2. The molecule has 35 heavy (non-hydrogen) atoms. The molecule has 0 atom stereocenters. The SMILES string of the molecule is COc1ccc(C(=O)/C=C/c2cccc3ccn(Cc4cccc(Br)c4)c23)c2c1C=CC(C)(C)O2. The minimum Gasteiger partial charge on any atom is -0.496 e. The summed E-state index contributed by atoms with van der Waals surface area (Å²) in [6, 6.07) is 20.1. The van der Waals surface area contributed by atoms with Crippen LogP contribution >= 0.6 is 15.9 Å². The zero-order chi connectivity index (χ0) is 24.6. The van der Waals surface area contributed by atoms with E-state index in [2.05, 4.69) is 51.0 Å². The van der Waals surface area contributed by atoms with Crippen molar-refractivity contribution in [3.8, 4) is 11.5 Å². The van der Waals surface area contributed by atoms with E-state index >= 15 is 0 Å². The lowest BCUT2D eigenvalue weighted by Gasteiger charge is -2.29. The van der Waals surface area contributed by atoms with Crippen LogP contribution in [0.4, 0.5) is 0 Å². The number of nitrogens with zero attached hydrogens (tertiary/aromatic N) is 1. The van der Waals surface area contributed by atoms with Gasteiger partial charge in [0.25, 0.3) is 0 Å². The van der Waals surface area contributed by atoms with E-state index in [0.29, 0.717) is 17.1 Å². The standard InChI is InChI=1S/C30H26BrNO3/c1-30(2)16-14-25-27(34-3)13-11-24(29(25)35-30)26(33)12-10-21-7-5-8-22-15-17-32(28(21)22)19-20-6-4-9-23(31)18-20/h4-18H,19H2,1-3H3/b12-10+. The molecule has 0 amide bonds. The van der Waals surface area contributed by atoms with Crippen molar-refractivity contribution in [2.45, 2.75) is 26.0 Å². The third-order valence-electron chi connectivity index (χ3n) is 6.13. The molecule has 0 saturated heterocycles. The number of carbonyl (C=O) groups is 1. The highest BCUT2D eigenvalue weighted by Crippen LogP contribution is 2.40. The lowest BCUT2D eigenvalue weighted by molar-refractivity contribution is 0.103. The van der Waals surface area contributed by atoms with Crippen molar-refractivity contribution in [2.75, 3.05) is 7.11 Å². The molecule has 2 heterocycles. The molecule has 176 valence electrons. The molecule has 1 aromatic heterocycles. The molecule has 0 unspecified atom stereocenters. The Morgan fingerprint density at radius 3 is 2.74 bits per heavy atom. The maximum atomic E-state index is 13.3. The molecule has 0 aliphatic carbocycles. The maximum absolute atomic E-state index is 13.3. The number of ketones is 1. The Balaban J connectivity index is 1.50. The van der Waals surface area contributed by atoms with Crippen LogP contribution < -0.4 is 9.47 Å². The van der Waals surface area contributed by atoms with Crippen LogP contribution in [0.5, 0.6) is 11.5 Å². The Hall–Kier alpha value is -3.57. The fraction of sp³-hybridized carbons (Fsp3) is 0.167. The fourth-order valence-corrected chi connectivity index (χ4v) is 4.89. The predicted molar refractivity (Wildman–Crippen MR) is 145 cm³/mol. The molecule has 4 nitrogen and oxygen atoms in total. The molecule has 0 fully saturated rings. The summed E-state index contributed by atoms with van der Waals surface area (Å²) in [5.74, 6) is 1.13. The van der Waals surface area contributed by atoms with Crippen LogP contribution in [-0.2, 0) is 6.54 Å².